The van der Waals surface area contributed by atoms with Crippen molar-refractivity contribution in [3.63, 3.8) is 0 Å². The van der Waals surface area contributed by atoms with Crippen molar-refractivity contribution in [1.82, 2.24) is 5.32 Å². The summed E-state index contributed by atoms with van der Waals surface area (Å²) >= 11 is 0. The molecular formula is C14H27NO2. The first kappa shape index (κ1) is 13.3. The molecule has 0 amide bonds. The van der Waals surface area contributed by atoms with Crippen molar-refractivity contribution in [1.29, 1.82) is 0 Å². The molecule has 0 spiro atoms. The Kier molecular flexibility index (Phi) is 4.83. The summed E-state index contributed by atoms with van der Waals surface area (Å²) in [5.41, 5.74) is 0.455. The van der Waals surface area contributed by atoms with E-state index >= 15 is 0 Å². The molecule has 3 nitrogen and oxygen atoms in total. The highest BCUT2D eigenvalue weighted by Gasteiger charge is 2.29. The maximum absolute atomic E-state index is 5.44. The fourth-order valence-corrected chi connectivity index (χ4v) is 2.93. The van der Waals surface area contributed by atoms with Gasteiger partial charge in [0.2, 0.25) is 0 Å². The van der Waals surface area contributed by atoms with E-state index in [2.05, 4.69) is 12.2 Å². The van der Waals surface area contributed by atoms with Crippen molar-refractivity contribution < 1.29 is 9.47 Å². The lowest BCUT2D eigenvalue weighted by molar-refractivity contribution is 0.0197. The molecule has 0 aromatic rings. The molecule has 100 valence electrons. The van der Waals surface area contributed by atoms with E-state index in [1.54, 1.807) is 0 Å². The second-order valence-corrected chi connectivity index (χ2v) is 6.01. The zero-order valence-electron chi connectivity index (χ0n) is 11.3. The van der Waals surface area contributed by atoms with Crippen molar-refractivity contribution in [2.75, 3.05) is 26.9 Å². The summed E-state index contributed by atoms with van der Waals surface area (Å²) in [5, 5.41) is 3.77. The molecule has 2 aliphatic rings. The number of hydrogen-bond acceptors (Lipinski definition) is 3. The minimum Gasteiger partial charge on any atom is -0.381 e. The van der Waals surface area contributed by atoms with E-state index in [4.69, 9.17) is 9.47 Å². The van der Waals surface area contributed by atoms with E-state index in [-0.39, 0.29) is 0 Å². The number of ether oxygens (including phenoxy) is 2. The summed E-state index contributed by atoms with van der Waals surface area (Å²) in [5.74, 6) is 0. The van der Waals surface area contributed by atoms with Gasteiger partial charge in [0, 0.05) is 32.9 Å². The minimum absolute atomic E-state index is 0.455. The summed E-state index contributed by atoms with van der Waals surface area (Å²) in [6.07, 6.45) is 7.88. The Balaban J connectivity index is 1.68. The topological polar surface area (TPSA) is 30.5 Å². The van der Waals surface area contributed by atoms with Gasteiger partial charge in [0.15, 0.2) is 0 Å². The first-order valence-corrected chi connectivity index (χ1v) is 7.06. The molecule has 2 rings (SSSR count). The van der Waals surface area contributed by atoms with E-state index in [0.29, 0.717) is 17.6 Å². The normalized spacial score (nSPS) is 33.5. The van der Waals surface area contributed by atoms with E-state index in [1.165, 1.54) is 38.5 Å². The van der Waals surface area contributed by atoms with Gasteiger partial charge in [-0.1, -0.05) is 6.92 Å². The van der Waals surface area contributed by atoms with Gasteiger partial charge in [0.05, 0.1) is 6.10 Å². The third kappa shape index (κ3) is 3.94. The summed E-state index contributed by atoms with van der Waals surface area (Å²) < 4.78 is 10.9. The molecule has 0 atom stereocenters. The molecule has 0 aromatic carbocycles. The van der Waals surface area contributed by atoms with E-state index < -0.39 is 0 Å². The molecule has 1 aliphatic carbocycles. The second-order valence-electron chi connectivity index (χ2n) is 6.01. The lowest BCUT2D eigenvalue weighted by Crippen LogP contribution is -2.43. The molecule has 17 heavy (non-hydrogen) atoms. The third-order valence-electron chi connectivity index (χ3n) is 4.52. The zero-order chi connectivity index (χ0) is 12.1. The molecule has 0 radical (unpaired) electrons. The fraction of sp³-hybridized carbons (Fsp3) is 1.00. The van der Waals surface area contributed by atoms with Crippen LogP contribution in [-0.4, -0.2) is 39.0 Å². The van der Waals surface area contributed by atoms with Crippen molar-refractivity contribution in [3.8, 4) is 0 Å². The number of methoxy groups -OCH3 is 1. The molecule has 0 bridgehead atoms. The maximum atomic E-state index is 5.44. The van der Waals surface area contributed by atoms with Crippen LogP contribution in [0.4, 0.5) is 0 Å². The second kappa shape index (κ2) is 6.17. The summed E-state index contributed by atoms with van der Waals surface area (Å²) in [4.78, 5) is 0. The quantitative estimate of drug-likeness (QED) is 0.819. The fourth-order valence-electron chi connectivity index (χ4n) is 2.93. The predicted molar refractivity (Wildman–Crippen MR) is 69.2 cm³/mol. The smallest absolute Gasteiger partial charge is 0.0572 e. The van der Waals surface area contributed by atoms with E-state index in [1.807, 2.05) is 7.11 Å². The number of hydrogen-bond donors (Lipinski definition) is 1. The van der Waals surface area contributed by atoms with E-state index in [0.717, 1.165) is 19.8 Å². The van der Waals surface area contributed by atoms with Gasteiger partial charge in [-0.05, 0) is 43.9 Å². The molecule has 0 unspecified atom stereocenters. The summed E-state index contributed by atoms with van der Waals surface area (Å²) in [6.45, 7) is 5.42. The largest absolute Gasteiger partial charge is 0.381 e. The van der Waals surface area contributed by atoms with Gasteiger partial charge in [-0.3, -0.25) is 0 Å². The third-order valence-corrected chi connectivity index (χ3v) is 4.52. The summed E-state index contributed by atoms with van der Waals surface area (Å²) in [6, 6.07) is 0.709. The molecule has 1 saturated carbocycles. The van der Waals surface area contributed by atoms with Crippen LogP contribution >= 0.6 is 0 Å². The Labute approximate surface area is 105 Å². The molecule has 2 fully saturated rings. The molecule has 1 N–H and O–H groups in total. The SMILES string of the molecule is COC1CCC(NCC2(C)CCOCC2)CC1. The van der Waals surface area contributed by atoms with Crippen molar-refractivity contribution >= 4 is 0 Å². The monoisotopic (exact) mass is 241 g/mol. The van der Waals surface area contributed by atoms with Crippen LogP contribution in [0.3, 0.4) is 0 Å². The highest BCUT2D eigenvalue weighted by atomic mass is 16.5. The molecule has 1 heterocycles. The minimum atomic E-state index is 0.455. The Morgan fingerprint density at radius 3 is 2.41 bits per heavy atom. The van der Waals surface area contributed by atoms with Gasteiger partial charge < -0.3 is 14.8 Å². The first-order valence-electron chi connectivity index (χ1n) is 7.06. The van der Waals surface area contributed by atoms with Gasteiger partial charge in [0.1, 0.15) is 0 Å². The van der Waals surface area contributed by atoms with Crippen LogP contribution in [0.15, 0.2) is 0 Å². The Morgan fingerprint density at radius 2 is 1.82 bits per heavy atom. The van der Waals surface area contributed by atoms with Crippen LogP contribution < -0.4 is 5.32 Å². The van der Waals surface area contributed by atoms with Gasteiger partial charge >= 0.3 is 0 Å². The maximum Gasteiger partial charge on any atom is 0.0572 e. The van der Waals surface area contributed by atoms with Gasteiger partial charge in [-0.25, -0.2) is 0 Å². The van der Waals surface area contributed by atoms with Gasteiger partial charge in [-0.15, -0.1) is 0 Å². The average Bonchev–Trinajstić information content (AvgIpc) is 2.38. The average molecular weight is 241 g/mol. The standard InChI is InChI=1S/C14H27NO2/c1-14(7-9-17-10-8-14)11-15-12-3-5-13(16-2)6-4-12/h12-13,15H,3-11H2,1-2H3. The van der Waals surface area contributed by atoms with Crippen LogP contribution in [0, 0.1) is 5.41 Å². The molecule has 1 aliphatic heterocycles. The Morgan fingerprint density at radius 1 is 1.18 bits per heavy atom. The zero-order valence-corrected chi connectivity index (χ0v) is 11.3. The molecular weight excluding hydrogens is 214 g/mol. The lowest BCUT2D eigenvalue weighted by Gasteiger charge is -2.36. The Bertz CT molecular complexity index is 218. The number of nitrogens with one attached hydrogen (secondary N) is 1. The highest BCUT2D eigenvalue weighted by molar-refractivity contribution is 4.83. The lowest BCUT2D eigenvalue weighted by atomic mass is 9.81. The van der Waals surface area contributed by atoms with Crippen molar-refractivity contribution in [3.05, 3.63) is 0 Å². The number of rotatable bonds is 4. The van der Waals surface area contributed by atoms with Crippen molar-refractivity contribution in [2.45, 2.75) is 57.6 Å². The van der Waals surface area contributed by atoms with Crippen LogP contribution in [0.1, 0.15) is 45.4 Å². The van der Waals surface area contributed by atoms with Crippen LogP contribution in [-0.2, 0) is 9.47 Å². The van der Waals surface area contributed by atoms with E-state index in [9.17, 15) is 0 Å². The summed E-state index contributed by atoms with van der Waals surface area (Å²) in [7, 11) is 1.83. The van der Waals surface area contributed by atoms with Crippen LogP contribution in [0.5, 0.6) is 0 Å². The van der Waals surface area contributed by atoms with Gasteiger partial charge in [0.25, 0.3) is 0 Å². The highest BCUT2D eigenvalue weighted by Crippen LogP contribution is 2.29. The van der Waals surface area contributed by atoms with Gasteiger partial charge in [-0.2, -0.15) is 0 Å². The first-order chi connectivity index (χ1) is 8.22. The molecule has 3 heteroatoms. The van der Waals surface area contributed by atoms with Crippen LogP contribution in [0.25, 0.3) is 0 Å². The molecule has 0 aromatic heterocycles. The predicted octanol–water partition coefficient (Wildman–Crippen LogP) is 2.35. The van der Waals surface area contributed by atoms with Crippen LogP contribution in [0.2, 0.25) is 0 Å². The Hall–Kier alpha value is -0.120. The van der Waals surface area contributed by atoms with Crippen molar-refractivity contribution in [2.24, 2.45) is 5.41 Å². The molecule has 1 saturated heterocycles.